The van der Waals surface area contributed by atoms with Gasteiger partial charge in [0.25, 0.3) is 0 Å². The molecule has 3 nitrogen and oxygen atoms in total. The Morgan fingerprint density at radius 2 is 2.00 bits per heavy atom. The molecule has 0 spiro atoms. The molecule has 2 rings (SSSR count). The van der Waals surface area contributed by atoms with Crippen molar-refractivity contribution in [3.05, 3.63) is 0 Å². The average molecular weight is 296 g/mol. The molecule has 2 N–H and O–H groups in total. The van der Waals surface area contributed by atoms with Crippen LogP contribution in [0.5, 0.6) is 0 Å². The van der Waals surface area contributed by atoms with Crippen LogP contribution in [0.25, 0.3) is 0 Å². The van der Waals surface area contributed by atoms with E-state index in [9.17, 15) is 5.11 Å². The first-order valence-electron chi connectivity index (χ1n) is 8.40. The lowest BCUT2D eigenvalue weighted by Crippen LogP contribution is -2.35. The number of aliphatic hydroxyl groups is 2. The Bertz CT molecular complexity index is 310. The second kappa shape index (κ2) is 10.2. The highest BCUT2D eigenvalue weighted by Gasteiger charge is 2.37. The fraction of sp³-hybridized carbons (Fsp3) is 0.889. The number of hydrogen-bond acceptors (Lipinski definition) is 3. The van der Waals surface area contributed by atoms with Gasteiger partial charge < -0.3 is 14.9 Å². The van der Waals surface area contributed by atoms with Crippen molar-refractivity contribution in [1.29, 1.82) is 0 Å². The van der Waals surface area contributed by atoms with Gasteiger partial charge in [-0.05, 0) is 49.9 Å². The first kappa shape index (κ1) is 18.5. The summed E-state index contributed by atoms with van der Waals surface area (Å²) in [5.74, 6) is 4.97. The summed E-state index contributed by atoms with van der Waals surface area (Å²) in [5.41, 5.74) is 0. The number of ether oxygens (including phenoxy) is 1. The highest BCUT2D eigenvalue weighted by Crippen LogP contribution is 2.43. The van der Waals surface area contributed by atoms with Crippen LogP contribution in [-0.4, -0.2) is 36.1 Å². The van der Waals surface area contributed by atoms with Crippen LogP contribution in [0, 0.1) is 36.0 Å². The summed E-state index contributed by atoms with van der Waals surface area (Å²) in [7, 11) is 0. The Labute approximate surface area is 130 Å². The van der Waals surface area contributed by atoms with Gasteiger partial charge in [-0.2, -0.15) is 0 Å². The van der Waals surface area contributed by atoms with Crippen LogP contribution in [0.3, 0.4) is 0 Å². The Morgan fingerprint density at radius 3 is 2.57 bits per heavy atom. The minimum Gasteiger partial charge on any atom is -0.396 e. The molecule has 0 aromatic rings. The van der Waals surface area contributed by atoms with Crippen molar-refractivity contribution >= 4 is 0 Å². The van der Waals surface area contributed by atoms with Crippen molar-refractivity contribution in [2.45, 2.75) is 58.5 Å². The summed E-state index contributed by atoms with van der Waals surface area (Å²) >= 11 is 0. The summed E-state index contributed by atoms with van der Waals surface area (Å²) in [6.45, 7) is 5.77. The third kappa shape index (κ3) is 5.98. The van der Waals surface area contributed by atoms with Gasteiger partial charge in [0.05, 0.1) is 19.3 Å². The molecule has 1 saturated carbocycles. The molecule has 122 valence electrons. The van der Waals surface area contributed by atoms with Crippen LogP contribution in [0.1, 0.15) is 52.4 Å². The Balaban J connectivity index is 0.000000383. The van der Waals surface area contributed by atoms with Crippen molar-refractivity contribution in [2.75, 3.05) is 19.8 Å². The Hall–Kier alpha value is -0.560. The van der Waals surface area contributed by atoms with E-state index in [1.54, 1.807) is 0 Å². The number of fused-ring (bicyclic) bond motifs is 1. The van der Waals surface area contributed by atoms with Gasteiger partial charge in [0.2, 0.25) is 0 Å². The van der Waals surface area contributed by atoms with E-state index in [-0.39, 0.29) is 6.61 Å². The Morgan fingerprint density at radius 1 is 1.24 bits per heavy atom. The molecule has 5 unspecified atom stereocenters. The Kier molecular flexibility index (Phi) is 8.99. The third-order valence-electron chi connectivity index (χ3n) is 5.06. The molecule has 2 aliphatic rings. The van der Waals surface area contributed by atoms with Crippen LogP contribution in [-0.2, 0) is 4.74 Å². The molecular weight excluding hydrogens is 264 g/mol. The molecular formula is C18H32O3. The van der Waals surface area contributed by atoms with Crippen molar-refractivity contribution in [1.82, 2.24) is 0 Å². The zero-order valence-electron chi connectivity index (χ0n) is 13.6. The van der Waals surface area contributed by atoms with E-state index in [0.717, 1.165) is 12.5 Å². The molecule has 1 aliphatic carbocycles. The van der Waals surface area contributed by atoms with Gasteiger partial charge in [-0.1, -0.05) is 19.8 Å². The van der Waals surface area contributed by atoms with E-state index < -0.39 is 0 Å². The fourth-order valence-electron chi connectivity index (χ4n) is 3.73. The van der Waals surface area contributed by atoms with Crippen molar-refractivity contribution in [2.24, 2.45) is 23.7 Å². The first-order chi connectivity index (χ1) is 10.1. The van der Waals surface area contributed by atoms with Crippen LogP contribution >= 0.6 is 0 Å². The molecule has 0 radical (unpaired) electrons. The van der Waals surface area contributed by atoms with Gasteiger partial charge in [-0.15, -0.1) is 12.3 Å². The lowest BCUT2D eigenvalue weighted by molar-refractivity contribution is -0.00215. The van der Waals surface area contributed by atoms with Crippen molar-refractivity contribution < 1.29 is 14.9 Å². The summed E-state index contributed by atoms with van der Waals surface area (Å²) < 4.78 is 5.92. The molecule has 0 aromatic heterocycles. The van der Waals surface area contributed by atoms with Crippen LogP contribution in [0.2, 0.25) is 0 Å². The first-order valence-corrected chi connectivity index (χ1v) is 8.40. The summed E-state index contributed by atoms with van der Waals surface area (Å²) in [6, 6.07) is 0. The van der Waals surface area contributed by atoms with Gasteiger partial charge in [0, 0.05) is 13.0 Å². The smallest absolute Gasteiger partial charge is 0.0547 e. The third-order valence-corrected chi connectivity index (χ3v) is 5.06. The molecule has 5 atom stereocenters. The molecule has 1 aliphatic heterocycles. The van der Waals surface area contributed by atoms with E-state index in [4.69, 9.17) is 16.3 Å². The van der Waals surface area contributed by atoms with Crippen LogP contribution < -0.4 is 0 Å². The van der Waals surface area contributed by atoms with Crippen molar-refractivity contribution in [3.63, 3.8) is 0 Å². The number of rotatable bonds is 3. The molecule has 21 heavy (non-hydrogen) atoms. The minimum atomic E-state index is 0.108. The highest BCUT2D eigenvalue weighted by molar-refractivity contribution is 4.86. The second-order valence-electron chi connectivity index (χ2n) is 6.58. The molecule has 0 amide bonds. The lowest BCUT2D eigenvalue weighted by Gasteiger charge is -2.39. The van der Waals surface area contributed by atoms with Gasteiger partial charge in [0.15, 0.2) is 0 Å². The van der Waals surface area contributed by atoms with E-state index in [1.807, 2.05) is 0 Å². The molecule has 0 aromatic carbocycles. The molecule has 0 bridgehead atoms. The quantitative estimate of drug-likeness (QED) is 0.787. The maximum atomic E-state index is 9.36. The second-order valence-corrected chi connectivity index (χ2v) is 6.58. The van der Waals surface area contributed by atoms with Crippen LogP contribution in [0.4, 0.5) is 0 Å². The van der Waals surface area contributed by atoms with Gasteiger partial charge in [-0.3, -0.25) is 0 Å². The standard InChI is InChI=1S/C14H26O2.C4H6O/c1-10(8-15)13-5-3-4-12-7-6-11(2)16-9-14(12)13;1-2-3-4-5/h10-15H,3-9H2,1-2H3;1,5H,3-4H2. The van der Waals surface area contributed by atoms with E-state index >= 15 is 0 Å². The van der Waals surface area contributed by atoms with E-state index in [1.165, 1.54) is 32.1 Å². The van der Waals surface area contributed by atoms with Gasteiger partial charge in [0.1, 0.15) is 0 Å². The normalized spacial score (nSPS) is 33.7. The van der Waals surface area contributed by atoms with E-state index in [0.29, 0.717) is 36.9 Å². The molecule has 1 heterocycles. The largest absolute Gasteiger partial charge is 0.396 e. The zero-order valence-corrected chi connectivity index (χ0v) is 13.6. The predicted octanol–water partition coefficient (Wildman–Crippen LogP) is 2.85. The average Bonchev–Trinajstić information content (AvgIpc) is 2.70. The maximum absolute atomic E-state index is 9.36. The molecule has 1 saturated heterocycles. The fourth-order valence-corrected chi connectivity index (χ4v) is 3.73. The van der Waals surface area contributed by atoms with Gasteiger partial charge in [-0.25, -0.2) is 0 Å². The highest BCUT2D eigenvalue weighted by atomic mass is 16.5. The van der Waals surface area contributed by atoms with Crippen molar-refractivity contribution in [3.8, 4) is 12.3 Å². The van der Waals surface area contributed by atoms with Crippen LogP contribution in [0.15, 0.2) is 0 Å². The molecule has 3 heteroatoms. The van der Waals surface area contributed by atoms with E-state index in [2.05, 4.69) is 19.8 Å². The zero-order chi connectivity index (χ0) is 15.7. The summed E-state index contributed by atoms with van der Waals surface area (Å²) in [6.07, 6.45) is 12.2. The predicted molar refractivity (Wildman–Crippen MR) is 85.8 cm³/mol. The summed E-state index contributed by atoms with van der Waals surface area (Å²) in [5, 5.41) is 17.3. The number of hydrogen-bond donors (Lipinski definition) is 2. The monoisotopic (exact) mass is 296 g/mol. The molecule has 2 fully saturated rings. The lowest BCUT2D eigenvalue weighted by atomic mass is 9.67. The number of terminal acetylenes is 1. The maximum Gasteiger partial charge on any atom is 0.0547 e. The van der Waals surface area contributed by atoms with Gasteiger partial charge >= 0.3 is 0 Å². The number of aliphatic hydroxyl groups excluding tert-OH is 2. The minimum absolute atomic E-state index is 0.108. The topological polar surface area (TPSA) is 49.7 Å². The summed E-state index contributed by atoms with van der Waals surface area (Å²) in [4.78, 5) is 0. The SMILES string of the molecule is C#CCCO.CC1CCC2CCCC(C(C)CO)C2CO1.